The average molecular weight is 387 g/mol. The van der Waals surface area contributed by atoms with Crippen molar-refractivity contribution in [3.05, 3.63) is 24.3 Å². The first-order valence-corrected chi connectivity index (χ1v) is 11.8. The van der Waals surface area contributed by atoms with Crippen molar-refractivity contribution in [2.24, 2.45) is 5.92 Å². The highest BCUT2D eigenvalue weighted by Crippen LogP contribution is 2.26. The minimum Gasteiger partial charge on any atom is -0.207 e. The third kappa shape index (κ3) is 3.92. The molecule has 2 aliphatic heterocycles. The molecule has 6 nitrogen and oxygen atoms in total. The Balaban J connectivity index is 1.80. The summed E-state index contributed by atoms with van der Waals surface area (Å²) < 4.78 is 53.7. The van der Waals surface area contributed by atoms with Gasteiger partial charge in [0.25, 0.3) is 0 Å². The molecule has 0 unspecified atom stereocenters. The van der Waals surface area contributed by atoms with Crippen molar-refractivity contribution in [3.8, 4) is 0 Å². The first-order chi connectivity index (χ1) is 11.8. The molecule has 2 fully saturated rings. The molecule has 0 atom stereocenters. The molecule has 3 rings (SSSR count). The van der Waals surface area contributed by atoms with E-state index in [1.807, 2.05) is 0 Å². The van der Waals surface area contributed by atoms with Gasteiger partial charge in [0, 0.05) is 26.2 Å². The molecule has 0 radical (unpaired) electrons. The van der Waals surface area contributed by atoms with Gasteiger partial charge in [0.05, 0.1) is 9.79 Å². The molecule has 0 saturated carbocycles. The lowest BCUT2D eigenvalue weighted by Gasteiger charge is -2.29. The highest BCUT2D eigenvalue weighted by molar-refractivity contribution is 7.89. The normalized spacial score (nSPS) is 22.1. The van der Waals surface area contributed by atoms with E-state index in [9.17, 15) is 16.8 Å². The van der Waals surface area contributed by atoms with Gasteiger partial charge in [-0.25, -0.2) is 16.8 Å². The zero-order valence-corrected chi connectivity index (χ0v) is 16.2. The highest BCUT2D eigenvalue weighted by atomic mass is 32.2. The Morgan fingerprint density at radius 3 is 1.56 bits per heavy atom. The van der Waals surface area contributed by atoms with Gasteiger partial charge in [-0.1, -0.05) is 13.3 Å². The third-order valence-corrected chi connectivity index (χ3v) is 8.98. The molecule has 0 bridgehead atoms. The zero-order valence-electron chi connectivity index (χ0n) is 14.6. The smallest absolute Gasteiger partial charge is 0.207 e. The van der Waals surface area contributed by atoms with Gasteiger partial charge in [-0.15, -0.1) is 0 Å². The quantitative estimate of drug-likeness (QED) is 0.796. The lowest BCUT2D eigenvalue weighted by molar-refractivity contribution is 0.288. The van der Waals surface area contributed by atoms with E-state index in [1.54, 1.807) is 0 Å². The van der Waals surface area contributed by atoms with Gasteiger partial charge in [0.1, 0.15) is 0 Å². The van der Waals surface area contributed by atoms with Crippen molar-refractivity contribution in [1.82, 2.24) is 8.61 Å². The van der Waals surface area contributed by atoms with E-state index in [1.165, 1.54) is 32.9 Å². The fourth-order valence-corrected chi connectivity index (χ4v) is 6.40. The third-order valence-electron chi connectivity index (χ3n) is 5.16. The Morgan fingerprint density at radius 1 is 0.720 bits per heavy atom. The standard InChI is InChI=1S/C17H26N2O4S2/c1-15-9-13-19(14-10-15)25(22,23)17-7-5-16(6-8-17)24(20,21)18-11-3-2-4-12-18/h5-8,15H,2-4,9-14H2,1H3. The molecule has 1 aromatic carbocycles. The second kappa shape index (κ2) is 7.34. The van der Waals surface area contributed by atoms with Crippen LogP contribution in [-0.2, 0) is 20.0 Å². The van der Waals surface area contributed by atoms with Gasteiger partial charge in [-0.2, -0.15) is 8.61 Å². The van der Waals surface area contributed by atoms with Crippen molar-refractivity contribution < 1.29 is 16.8 Å². The van der Waals surface area contributed by atoms with Gasteiger partial charge in [-0.3, -0.25) is 0 Å². The van der Waals surface area contributed by atoms with E-state index in [4.69, 9.17) is 0 Å². The van der Waals surface area contributed by atoms with Crippen molar-refractivity contribution in [2.75, 3.05) is 26.2 Å². The molecule has 0 spiro atoms. The van der Waals surface area contributed by atoms with E-state index in [0.29, 0.717) is 32.1 Å². The first-order valence-electron chi connectivity index (χ1n) is 8.92. The fraction of sp³-hybridized carbons (Fsp3) is 0.647. The summed E-state index contributed by atoms with van der Waals surface area (Å²) in [6.07, 6.45) is 4.52. The molecule has 25 heavy (non-hydrogen) atoms. The summed E-state index contributed by atoms with van der Waals surface area (Å²) in [6.45, 7) is 4.25. The lowest BCUT2D eigenvalue weighted by atomic mass is 10.0. The molecule has 0 aliphatic carbocycles. The van der Waals surface area contributed by atoms with E-state index in [0.717, 1.165) is 32.1 Å². The molecular formula is C17H26N2O4S2. The van der Waals surface area contributed by atoms with E-state index in [2.05, 4.69) is 6.92 Å². The van der Waals surface area contributed by atoms with Crippen LogP contribution in [0.3, 0.4) is 0 Å². The Labute approximate surface area is 150 Å². The summed E-state index contributed by atoms with van der Waals surface area (Å²) in [4.78, 5) is 0.334. The average Bonchev–Trinajstić information content (AvgIpc) is 2.63. The van der Waals surface area contributed by atoms with Crippen LogP contribution in [0.1, 0.15) is 39.0 Å². The molecule has 1 aromatic rings. The van der Waals surface area contributed by atoms with Crippen LogP contribution in [0.25, 0.3) is 0 Å². The van der Waals surface area contributed by atoms with Crippen LogP contribution < -0.4 is 0 Å². The first kappa shape index (κ1) is 18.8. The number of piperidine rings is 2. The Kier molecular flexibility index (Phi) is 5.53. The summed E-state index contributed by atoms with van der Waals surface area (Å²) in [5, 5.41) is 0. The summed E-state index contributed by atoms with van der Waals surface area (Å²) in [5.41, 5.74) is 0. The number of benzene rings is 1. The van der Waals surface area contributed by atoms with Crippen molar-refractivity contribution in [1.29, 1.82) is 0 Å². The fourth-order valence-electron chi connectivity index (χ4n) is 3.41. The van der Waals surface area contributed by atoms with E-state index < -0.39 is 20.0 Å². The van der Waals surface area contributed by atoms with E-state index in [-0.39, 0.29) is 9.79 Å². The summed E-state index contributed by atoms with van der Waals surface area (Å²) in [7, 11) is -7.08. The molecule has 2 saturated heterocycles. The minimum atomic E-state index is -3.55. The second-order valence-corrected chi connectivity index (χ2v) is 10.9. The second-order valence-electron chi connectivity index (χ2n) is 7.02. The van der Waals surface area contributed by atoms with Crippen LogP contribution in [0, 0.1) is 5.92 Å². The van der Waals surface area contributed by atoms with Crippen LogP contribution >= 0.6 is 0 Å². The minimum absolute atomic E-state index is 0.166. The molecule has 0 N–H and O–H groups in total. The van der Waals surface area contributed by atoms with Crippen molar-refractivity contribution >= 4 is 20.0 Å². The molecule has 2 aliphatic rings. The number of nitrogens with zero attached hydrogens (tertiary/aromatic N) is 2. The van der Waals surface area contributed by atoms with Crippen LogP contribution in [-0.4, -0.2) is 51.6 Å². The number of hydrogen-bond acceptors (Lipinski definition) is 4. The van der Waals surface area contributed by atoms with Crippen LogP contribution in [0.2, 0.25) is 0 Å². The van der Waals surface area contributed by atoms with E-state index >= 15 is 0 Å². The van der Waals surface area contributed by atoms with Crippen molar-refractivity contribution in [2.45, 2.75) is 48.8 Å². The maximum atomic E-state index is 12.7. The Hall–Kier alpha value is -0.960. The zero-order chi connectivity index (χ0) is 18.1. The Morgan fingerprint density at radius 2 is 1.12 bits per heavy atom. The molecule has 8 heteroatoms. The molecule has 0 aromatic heterocycles. The SMILES string of the molecule is CC1CCN(S(=O)(=O)c2ccc(S(=O)(=O)N3CCCCC3)cc2)CC1. The van der Waals surface area contributed by atoms with Crippen molar-refractivity contribution in [3.63, 3.8) is 0 Å². The summed E-state index contributed by atoms with van der Waals surface area (Å²) >= 11 is 0. The van der Waals surface area contributed by atoms with Crippen LogP contribution in [0.4, 0.5) is 0 Å². The monoisotopic (exact) mass is 386 g/mol. The van der Waals surface area contributed by atoms with Gasteiger partial charge in [0.2, 0.25) is 20.0 Å². The molecule has 0 amide bonds. The largest absolute Gasteiger partial charge is 0.243 e. The molecular weight excluding hydrogens is 360 g/mol. The number of sulfonamides is 2. The predicted molar refractivity (Wildman–Crippen MR) is 96.2 cm³/mol. The van der Waals surface area contributed by atoms with Gasteiger partial charge >= 0.3 is 0 Å². The molecule has 140 valence electrons. The maximum Gasteiger partial charge on any atom is 0.243 e. The topological polar surface area (TPSA) is 74.8 Å². The summed E-state index contributed by atoms with van der Waals surface area (Å²) in [5.74, 6) is 0.545. The van der Waals surface area contributed by atoms with Gasteiger partial charge in [-0.05, 0) is 55.9 Å². The predicted octanol–water partition coefficient (Wildman–Crippen LogP) is 2.28. The number of hydrogen-bond donors (Lipinski definition) is 0. The van der Waals surface area contributed by atoms with Gasteiger partial charge in [0.15, 0.2) is 0 Å². The maximum absolute atomic E-state index is 12.7. The van der Waals surface area contributed by atoms with Gasteiger partial charge < -0.3 is 0 Å². The Bertz CT molecular complexity index is 790. The van der Waals surface area contributed by atoms with Crippen LogP contribution in [0.15, 0.2) is 34.1 Å². The highest BCUT2D eigenvalue weighted by Gasteiger charge is 2.30. The molecule has 2 heterocycles. The lowest BCUT2D eigenvalue weighted by Crippen LogP contribution is -2.38. The van der Waals surface area contributed by atoms with Crippen LogP contribution in [0.5, 0.6) is 0 Å². The summed E-state index contributed by atoms with van der Waals surface area (Å²) in [6, 6.07) is 5.68. The number of rotatable bonds is 4.